The summed E-state index contributed by atoms with van der Waals surface area (Å²) in [6.45, 7) is 5.40. The maximum atomic E-state index is 14.0. The van der Waals surface area contributed by atoms with Gasteiger partial charge in [-0.1, -0.05) is 74.5 Å². The highest BCUT2D eigenvalue weighted by Crippen LogP contribution is 2.20. The van der Waals surface area contributed by atoms with Crippen LogP contribution in [0.4, 0.5) is 9.59 Å². The number of alkyl carbamates (subject to hydrolysis) is 1. The molecule has 0 aliphatic heterocycles. The summed E-state index contributed by atoms with van der Waals surface area (Å²) in [6, 6.07) is 18.4. The molecule has 0 aliphatic rings. The molecule has 0 aliphatic carbocycles. The van der Waals surface area contributed by atoms with Crippen molar-refractivity contribution in [1.82, 2.24) is 36.1 Å². The summed E-state index contributed by atoms with van der Waals surface area (Å²) in [6.07, 6.45) is 4.65. The van der Waals surface area contributed by atoms with Gasteiger partial charge in [-0.2, -0.15) is 0 Å². The van der Waals surface area contributed by atoms with Crippen LogP contribution in [0.3, 0.4) is 0 Å². The van der Waals surface area contributed by atoms with Crippen LogP contribution in [0, 0.1) is 0 Å². The van der Waals surface area contributed by atoms with Gasteiger partial charge in [-0.25, -0.2) is 14.6 Å². The molecule has 0 saturated carbocycles. The third-order valence-corrected chi connectivity index (χ3v) is 10.6. The molecule has 286 valence electrons. The lowest BCUT2D eigenvalue weighted by atomic mass is 9.96. The zero-order valence-electron chi connectivity index (χ0n) is 30.8. The summed E-state index contributed by atoms with van der Waals surface area (Å²) < 4.78 is 5.50. The van der Waals surface area contributed by atoms with Crippen molar-refractivity contribution in [1.29, 1.82) is 0 Å². The van der Waals surface area contributed by atoms with Crippen molar-refractivity contribution >= 4 is 40.7 Å². The Kier molecular flexibility index (Phi) is 17.7. The highest BCUT2D eigenvalue weighted by molar-refractivity contribution is 7.09. The minimum atomic E-state index is -0.822. The minimum absolute atomic E-state index is 0.0313. The van der Waals surface area contributed by atoms with Gasteiger partial charge in [0.25, 0.3) is 0 Å². The number of rotatable bonds is 22. The van der Waals surface area contributed by atoms with Crippen molar-refractivity contribution in [2.75, 3.05) is 26.7 Å². The van der Waals surface area contributed by atoms with Gasteiger partial charge in [-0.3, -0.25) is 9.78 Å². The summed E-state index contributed by atoms with van der Waals surface area (Å²) in [4.78, 5) is 51.4. The van der Waals surface area contributed by atoms with Gasteiger partial charge < -0.3 is 36.0 Å². The van der Waals surface area contributed by atoms with Crippen molar-refractivity contribution in [3.8, 4) is 0 Å². The number of aromatic nitrogens is 2. The fraction of sp³-hybridized carbons (Fsp3) is 0.462. The Morgan fingerprint density at radius 3 is 2.25 bits per heavy atom. The van der Waals surface area contributed by atoms with E-state index < -0.39 is 12.1 Å². The van der Waals surface area contributed by atoms with E-state index in [0.29, 0.717) is 57.7 Å². The molecule has 0 saturated heterocycles. The smallest absolute Gasteiger partial charge is 0.407 e. The van der Waals surface area contributed by atoms with E-state index in [-0.39, 0.29) is 37.2 Å². The molecule has 0 unspecified atom stereocenters. The second-order valence-corrected chi connectivity index (χ2v) is 15.2. The van der Waals surface area contributed by atoms with Crippen LogP contribution in [0.15, 0.2) is 77.8 Å². The lowest BCUT2D eigenvalue weighted by Crippen LogP contribution is -2.53. The molecule has 2 heterocycles. The average molecular weight is 764 g/mol. The van der Waals surface area contributed by atoms with Gasteiger partial charge in [-0.05, 0) is 56.2 Å². The number of carbonyl (C=O) groups is 3. The highest BCUT2D eigenvalue weighted by atomic mass is 32.1. The number of aliphatic hydroxyl groups excluding tert-OH is 1. The largest absolute Gasteiger partial charge is 0.444 e. The van der Waals surface area contributed by atoms with Crippen LogP contribution in [-0.2, 0) is 35.5 Å². The molecule has 5 N–H and O–H groups in total. The number of aryl methyl sites for hydroxylation is 1. The number of nitrogens with one attached hydrogen (secondary N) is 4. The number of nitrogens with zero attached hydrogens (tertiary/aromatic N) is 3. The van der Waals surface area contributed by atoms with Gasteiger partial charge >= 0.3 is 12.1 Å². The number of benzene rings is 2. The van der Waals surface area contributed by atoms with Crippen LogP contribution in [0.1, 0.15) is 72.2 Å². The molecule has 14 heteroatoms. The van der Waals surface area contributed by atoms with E-state index in [9.17, 15) is 19.5 Å². The number of urea groups is 1. The first-order chi connectivity index (χ1) is 25.7. The van der Waals surface area contributed by atoms with Gasteiger partial charge in [0.15, 0.2) is 0 Å². The van der Waals surface area contributed by atoms with Crippen molar-refractivity contribution in [2.45, 2.75) is 89.6 Å². The first-order valence-electron chi connectivity index (χ1n) is 18.2. The zero-order valence-corrected chi connectivity index (χ0v) is 32.5. The summed E-state index contributed by atoms with van der Waals surface area (Å²) in [7, 11) is 1.69. The molecule has 53 heavy (non-hydrogen) atoms. The number of ether oxygens (including phenoxy) is 1. The Labute approximate surface area is 320 Å². The predicted octanol–water partition coefficient (Wildman–Crippen LogP) is 5.64. The molecule has 12 nitrogen and oxygen atoms in total. The molecule has 4 rings (SSSR count). The van der Waals surface area contributed by atoms with Gasteiger partial charge in [0.1, 0.15) is 12.6 Å². The Hall–Kier alpha value is -4.37. The standard InChI is InChI=1S/C39H53N7O5S2/c1-28(2)37-43-33(26-52-37)24-46(3)38(49)45-35(18-19-40-20-21-47)36(48)42-31(15-14-29-10-6-4-7-11-29)16-17-32(22-30-12-8-5-9-13-30)44-39(50)51-25-34-23-41-27-53-34/h4-13,23,26-28,31-32,35,40,47H,14-22,24-25H2,1-3H3,(H,42,48)(H,44,50)(H,45,49)/t31-,32+,35+/m1/s1. The van der Waals surface area contributed by atoms with Crippen molar-refractivity contribution in [2.24, 2.45) is 0 Å². The summed E-state index contributed by atoms with van der Waals surface area (Å²) in [5.74, 6) is 0.0116. The number of amides is 4. The van der Waals surface area contributed by atoms with Crippen molar-refractivity contribution < 1.29 is 24.2 Å². The molecule has 4 amide bonds. The second-order valence-electron chi connectivity index (χ2n) is 13.3. The van der Waals surface area contributed by atoms with Crippen molar-refractivity contribution in [3.63, 3.8) is 0 Å². The molecule has 0 spiro atoms. The predicted molar refractivity (Wildman–Crippen MR) is 210 cm³/mol. The zero-order chi connectivity index (χ0) is 37.8. The van der Waals surface area contributed by atoms with Crippen molar-refractivity contribution in [3.05, 3.63) is 104 Å². The van der Waals surface area contributed by atoms with Gasteiger partial charge in [-0.15, -0.1) is 22.7 Å². The number of hydrogen-bond acceptors (Lipinski definition) is 10. The third-order valence-electron chi connectivity index (χ3n) is 8.63. The maximum Gasteiger partial charge on any atom is 0.407 e. The van der Waals surface area contributed by atoms with E-state index >= 15 is 0 Å². The Morgan fingerprint density at radius 2 is 1.58 bits per heavy atom. The highest BCUT2D eigenvalue weighted by Gasteiger charge is 2.26. The summed E-state index contributed by atoms with van der Waals surface area (Å²) in [5.41, 5.74) is 4.72. The third kappa shape index (κ3) is 15.3. The molecule has 3 atom stereocenters. The van der Waals surface area contributed by atoms with Crippen LogP contribution in [0.5, 0.6) is 0 Å². The summed E-state index contributed by atoms with van der Waals surface area (Å²) in [5, 5.41) is 24.6. The maximum absolute atomic E-state index is 14.0. The fourth-order valence-corrected chi connectivity index (χ4v) is 7.05. The molecular formula is C39H53N7O5S2. The number of carbonyl (C=O) groups excluding carboxylic acids is 3. The molecular weight excluding hydrogens is 711 g/mol. The lowest BCUT2D eigenvalue weighted by Gasteiger charge is -2.27. The van der Waals surface area contributed by atoms with Gasteiger partial charge in [0.2, 0.25) is 5.91 Å². The summed E-state index contributed by atoms with van der Waals surface area (Å²) >= 11 is 3.00. The number of hydrogen-bond donors (Lipinski definition) is 5. The number of thiazole rings is 2. The fourth-order valence-electron chi connectivity index (χ4n) is 5.71. The van der Waals surface area contributed by atoms with E-state index in [0.717, 1.165) is 33.1 Å². The van der Waals surface area contributed by atoms with Crippen LogP contribution < -0.4 is 21.3 Å². The lowest BCUT2D eigenvalue weighted by molar-refractivity contribution is -0.124. The average Bonchev–Trinajstić information content (AvgIpc) is 3.87. The van der Waals surface area contributed by atoms with E-state index in [2.05, 4.69) is 57.2 Å². The van der Waals surface area contributed by atoms with E-state index in [1.165, 1.54) is 16.2 Å². The second kappa shape index (κ2) is 22.6. The Bertz CT molecular complexity index is 1640. The van der Waals surface area contributed by atoms with Crippen LogP contribution in [-0.4, -0.2) is 82.9 Å². The Balaban J connectivity index is 1.45. The van der Waals surface area contributed by atoms with Crippen LogP contribution in [0.25, 0.3) is 0 Å². The minimum Gasteiger partial charge on any atom is -0.444 e. The first-order valence-corrected chi connectivity index (χ1v) is 19.9. The van der Waals surface area contributed by atoms with E-state index in [4.69, 9.17) is 4.74 Å². The first kappa shape index (κ1) is 41.4. The van der Waals surface area contributed by atoms with Gasteiger partial charge in [0.05, 0.1) is 34.2 Å². The molecule has 0 radical (unpaired) electrons. The monoisotopic (exact) mass is 763 g/mol. The molecule has 2 aromatic carbocycles. The topological polar surface area (TPSA) is 158 Å². The number of aliphatic hydroxyl groups is 1. The molecule has 0 bridgehead atoms. The molecule has 0 fully saturated rings. The molecule has 2 aromatic heterocycles. The normalized spacial score (nSPS) is 12.8. The molecule has 4 aromatic rings. The SMILES string of the molecule is CC(C)c1nc(CN(C)C(=O)N[C@@H](CCNCCO)C(=O)N[C@H](CCc2ccccc2)CC[C@@H](Cc2ccccc2)NC(=O)OCc2cncs2)cs1. The van der Waals surface area contributed by atoms with E-state index in [1.54, 1.807) is 30.1 Å². The van der Waals surface area contributed by atoms with Crippen LogP contribution in [0.2, 0.25) is 0 Å². The quantitative estimate of drug-likeness (QED) is 0.0644. The van der Waals surface area contributed by atoms with E-state index in [1.807, 2.05) is 53.9 Å². The van der Waals surface area contributed by atoms with Gasteiger partial charge in [0, 0.05) is 43.2 Å². The Morgan fingerprint density at radius 1 is 0.868 bits per heavy atom. The van der Waals surface area contributed by atoms with Crippen LogP contribution >= 0.6 is 22.7 Å².